The molecule has 1 saturated heterocycles. The third-order valence-corrected chi connectivity index (χ3v) is 6.28. The van der Waals surface area contributed by atoms with Gasteiger partial charge in [-0.2, -0.15) is 0 Å². The van der Waals surface area contributed by atoms with Gasteiger partial charge in [0.2, 0.25) is 11.8 Å². The van der Waals surface area contributed by atoms with Gasteiger partial charge in [-0.15, -0.1) is 0 Å². The highest BCUT2D eigenvalue weighted by Crippen LogP contribution is 2.33. The SMILES string of the molecule is NC(=O)Oc1cn(CC(=O)N2C[C@H](F)C[C@H]2C(=O)NCc2cccc(Cl)c2F)c2c(Cl)cccc12. The van der Waals surface area contributed by atoms with Crippen LogP contribution in [0.15, 0.2) is 42.6 Å². The summed E-state index contributed by atoms with van der Waals surface area (Å²) < 4.78 is 34.9. The fraction of sp³-hybridized carbons (Fsp3) is 0.261. The van der Waals surface area contributed by atoms with E-state index in [1.54, 1.807) is 24.3 Å². The molecular weight excluding hydrogens is 505 g/mol. The molecule has 3 aromatic rings. The number of nitrogens with two attached hydrogens (primary N) is 1. The first-order valence-electron chi connectivity index (χ1n) is 10.5. The number of carbonyl (C=O) groups is 3. The summed E-state index contributed by atoms with van der Waals surface area (Å²) in [6.45, 7) is -0.756. The molecule has 0 aliphatic carbocycles. The number of halogens is 4. The second-order valence-electron chi connectivity index (χ2n) is 8.00. The van der Waals surface area contributed by atoms with Gasteiger partial charge < -0.3 is 25.3 Å². The molecule has 0 spiro atoms. The van der Waals surface area contributed by atoms with Crippen molar-refractivity contribution >= 4 is 52.0 Å². The maximum Gasteiger partial charge on any atom is 0.410 e. The molecule has 184 valence electrons. The first-order valence-corrected chi connectivity index (χ1v) is 11.3. The van der Waals surface area contributed by atoms with Crippen molar-refractivity contribution in [1.82, 2.24) is 14.8 Å². The topological polar surface area (TPSA) is 107 Å². The average molecular weight is 525 g/mol. The number of benzene rings is 2. The summed E-state index contributed by atoms with van der Waals surface area (Å²) >= 11 is 12.1. The molecule has 0 bridgehead atoms. The summed E-state index contributed by atoms with van der Waals surface area (Å²) in [5.41, 5.74) is 5.69. The minimum atomic E-state index is -1.41. The van der Waals surface area contributed by atoms with Crippen LogP contribution in [0.25, 0.3) is 10.9 Å². The molecule has 0 unspecified atom stereocenters. The lowest BCUT2D eigenvalue weighted by atomic mass is 10.1. The number of nitrogens with one attached hydrogen (secondary N) is 1. The van der Waals surface area contributed by atoms with Crippen LogP contribution in [0.5, 0.6) is 5.75 Å². The molecule has 3 N–H and O–H groups in total. The predicted octanol–water partition coefficient (Wildman–Crippen LogP) is 3.80. The van der Waals surface area contributed by atoms with E-state index in [0.717, 1.165) is 4.90 Å². The number of ether oxygens (including phenoxy) is 1. The number of amides is 3. The Labute approximate surface area is 208 Å². The number of likely N-dealkylation sites (tertiary alicyclic amines) is 1. The van der Waals surface area contributed by atoms with Crippen LogP contribution in [0.1, 0.15) is 12.0 Å². The Morgan fingerprint density at radius 1 is 1.14 bits per heavy atom. The van der Waals surface area contributed by atoms with Crippen LogP contribution < -0.4 is 15.8 Å². The number of para-hydroxylation sites is 1. The number of hydrogen-bond donors (Lipinski definition) is 2. The summed E-state index contributed by atoms with van der Waals surface area (Å²) in [6.07, 6.45) is -1.25. The molecule has 1 aromatic heterocycles. The van der Waals surface area contributed by atoms with E-state index in [0.29, 0.717) is 10.9 Å². The Kier molecular flexibility index (Phi) is 7.13. The van der Waals surface area contributed by atoms with Crippen LogP contribution in [-0.2, 0) is 22.7 Å². The first-order chi connectivity index (χ1) is 16.7. The number of aromatic nitrogens is 1. The third kappa shape index (κ3) is 5.18. The maximum atomic E-state index is 14.3. The van der Waals surface area contributed by atoms with E-state index in [9.17, 15) is 23.2 Å². The lowest BCUT2D eigenvalue weighted by Gasteiger charge is -2.24. The summed E-state index contributed by atoms with van der Waals surface area (Å²) in [7, 11) is 0. The highest BCUT2D eigenvalue weighted by atomic mass is 35.5. The number of alkyl halides is 1. The Balaban J connectivity index is 1.52. The molecule has 2 heterocycles. The zero-order chi connectivity index (χ0) is 25.3. The van der Waals surface area contributed by atoms with E-state index in [1.165, 1.54) is 22.9 Å². The maximum absolute atomic E-state index is 14.3. The number of hydrogen-bond acceptors (Lipinski definition) is 4. The van der Waals surface area contributed by atoms with Gasteiger partial charge in [-0.05, 0) is 18.2 Å². The van der Waals surface area contributed by atoms with Crippen molar-refractivity contribution in [2.24, 2.45) is 5.73 Å². The minimum absolute atomic E-state index is 0.0875. The van der Waals surface area contributed by atoms with Gasteiger partial charge in [0.25, 0.3) is 0 Å². The minimum Gasteiger partial charge on any atom is -0.408 e. The molecular formula is C23H20Cl2F2N4O4. The van der Waals surface area contributed by atoms with Crippen LogP contribution >= 0.6 is 23.2 Å². The van der Waals surface area contributed by atoms with Gasteiger partial charge in [0.05, 0.1) is 22.1 Å². The monoisotopic (exact) mass is 524 g/mol. The molecule has 35 heavy (non-hydrogen) atoms. The van der Waals surface area contributed by atoms with Crippen molar-refractivity contribution in [2.75, 3.05) is 6.54 Å². The molecule has 12 heteroatoms. The molecule has 2 aromatic carbocycles. The molecule has 0 radical (unpaired) electrons. The van der Waals surface area contributed by atoms with Crippen LogP contribution in [0, 0.1) is 5.82 Å². The van der Waals surface area contributed by atoms with Gasteiger partial charge in [-0.25, -0.2) is 13.6 Å². The Morgan fingerprint density at radius 3 is 2.60 bits per heavy atom. The molecule has 4 rings (SSSR count). The summed E-state index contributed by atoms with van der Waals surface area (Å²) in [4.78, 5) is 38.3. The van der Waals surface area contributed by atoms with Crippen LogP contribution in [0.2, 0.25) is 10.0 Å². The number of rotatable bonds is 6. The number of primary amides is 1. The van der Waals surface area contributed by atoms with Crippen molar-refractivity contribution in [3.8, 4) is 5.75 Å². The fourth-order valence-electron chi connectivity index (χ4n) is 4.13. The quantitative estimate of drug-likeness (QED) is 0.511. The van der Waals surface area contributed by atoms with Crippen molar-refractivity contribution < 1.29 is 27.9 Å². The van der Waals surface area contributed by atoms with E-state index >= 15 is 0 Å². The Hall–Kier alpha value is -3.37. The average Bonchev–Trinajstić information content (AvgIpc) is 3.35. The number of nitrogens with zero attached hydrogens (tertiary/aromatic N) is 2. The summed E-state index contributed by atoms with van der Waals surface area (Å²) in [6, 6.07) is 8.17. The molecule has 1 fully saturated rings. The number of fused-ring (bicyclic) bond motifs is 1. The normalized spacial score (nSPS) is 17.5. The largest absolute Gasteiger partial charge is 0.410 e. The smallest absolute Gasteiger partial charge is 0.408 e. The highest BCUT2D eigenvalue weighted by Gasteiger charge is 2.39. The van der Waals surface area contributed by atoms with Crippen molar-refractivity contribution in [1.29, 1.82) is 0 Å². The Bertz CT molecular complexity index is 1320. The second-order valence-corrected chi connectivity index (χ2v) is 8.82. The molecule has 3 amide bonds. The highest BCUT2D eigenvalue weighted by molar-refractivity contribution is 6.35. The third-order valence-electron chi connectivity index (χ3n) is 5.69. The van der Waals surface area contributed by atoms with E-state index < -0.39 is 35.9 Å². The lowest BCUT2D eigenvalue weighted by molar-refractivity contribution is -0.139. The van der Waals surface area contributed by atoms with Crippen LogP contribution in [0.3, 0.4) is 0 Å². The summed E-state index contributed by atoms with van der Waals surface area (Å²) in [5, 5.41) is 3.20. The lowest BCUT2D eigenvalue weighted by Crippen LogP contribution is -2.46. The van der Waals surface area contributed by atoms with Crippen LogP contribution in [-0.4, -0.2) is 46.1 Å². The fourth-order valence-corrected chi connectivity index (χ4v) is 4.60. The van der Waals surface area contributed by atoms with Gasteiger partial charge in [-0.3, -0.25) is 9.59 Å². The zero-order valence-corrected chi connectivity index (χ0v) is 19.7. The standard InChI is InChI=1S/C23H20Cl2F2N4O4/c24-15-5-1-3-12(20(15)27)8-29-22(33)17-7-13(26)9-31(17)19(32)11-30-10-18(35-23(28)34)14-4-2-6-16(25)21(14)30/h1-6,10,13,17H,7-9,11H2,(H2,28,34)(H,29,33)/t13-,17+/m1/s1. The number of carbonyl (C=O) groups excluding carboxylic acids is 3. The zero-order valence-electron chi connectivity index (χ0n) is 18.1. The predicted molar refractivity (Wildman–Crippen MR) is 125 cm³/mol. The molecule has 1 aliphatic rings. The van der Waals surface area contributed by atoms with Crippen molar-refractivity contribution in [2.45, 2.75) is 31.7 Å². The molecule has 2 atom stereocenters. The van der Waals surface area contributed by atoms with E-state index in [2.05, 4.69) is 5.32 Å². The van der Waals surface area contributed by atoms with E-state index in [4.69, 9.17) is 33.7 Å². The van der Waals surface area contributed by atoms with Gasteiger partial charge >= 0.3 is 6.09 Å². The van der Waals surface area contributed by atoms with E-state index in [-0.39, 0.29) is 47.4 Å². The van der Waals surface area contributed by atoms with Gasteiger partial charge in [0, 0.05) is 30.1 Å². The molecule has 8 nitrogen and oxygen atoms in total. The molecule has 0 saturated carbocycles. The molecule has 1 aliphatic heterocycles. The first kappa shape index (κ1) is 24.7. The van der Waals surface area contributed by atoms with Gasteiger partial charge in [0.15, 0.2) is 5.75 Å². The van der Waals surface area contributed by atoms with Crippen molar-refractivity contribution in [3.05, 3.63) is 64.0 Å². The summed E-state index contributed by atoms with van der Waals surface area (Å²) in [5.74, 6) is -1.74. The van der Waals surface area contributed by atoms with Crippen molar-refractivity contribution in [3.63, 3.8) is 0 Å². The van der Waals surface area contributed by atoms with Crippen LogP contribution in [0.4, 0.5) is 13.6 Å². The van der Waals surface area contributed by atoms with Gasteiger partial charge in [0.1, 0.15) is 24.6 Å². The second kappa shape index (κ2) is 10.1. The van der Waals surface area contributed by atoms with Gasteiger partial charge in [-0.1, -0.05) is 41.4 Å². The van der Waals surface area contributed by atoms with E-state index in [1.807, 2.05) is 0 Å². The Morgan fingerprint density at radius 2 is 1.86 bits per heavy atom.